The molecule has 5 nitrogen and oxygen atoms in total. The number of ether oxygens (including phenoxy) is 1. The molecule has 0 fully saturated rings. The van der Waals surface area contributed by atoms with E-state index < -0.39 is 35.8 Å². The summed E-state index contributed by atoms with van der Waals surface area (Å²) in [7, 11) is 0.793. The van der Waals surface area contributed by atoms with Gasteiger partial charge in [0.2, 0.25) is 0 Å². The highest BCUT2D eigenvalue weighted by Crippen LogP contribution is 2.35. The van der Waals surface area contributed by atoms with Gasteiger partial charge in [0.25, 0.3) is 17.4 Å². The van der Waals surface area contributed by atoms with Gasteiger partial charge in [0.05, 0.1) is 7.11 Å². The Bertz CT molecular complexity index is 288. The van der Waals surface area contributed by atoms with Gasteiger partial charge in [0.15, 0.2) is 0 Å². The maximum atomic E-state index is 11.9. The number of rotatable bonds is 3. The lowest BCUT2D eigenvalue weighted by Crippen LogP contribution is -2.47. The van der Waals surface area contributed by atoms with Gasteiger partial charge in [-0.25, -0.2) is 13.7 Å². The minimum absolute atomic E-state index is 0.793. The molecule has 0 heterocycles. The number of carbonyl (C=O) groups excluding carboxylic acids is 1. The molecule has 0 saturated heterocycles. The Hall–Kier alpha value is -1.04. The Labute approximate surface area is 92.8 Å². The summed E-state index contributed by atoms with van der Waals surface area (Å²) in [6, 6.07) is 0. The molecule has 1 N–H and O–H groups in total. The predicted octanol–water partition coefficient (Wildman–Crippen LogP) is 1.43. The summed E-state index contributed by atoms with van der Waals surface area (Å²) >= 11 is -2.59. The van der Waals surface area contributed by atoms with Crippen molar-refractivity contribution in [1.82, 2.24) is 4.72 Å². The molecule has 0 bridgehead atoms. The quantitative estimate of drug-likeness (QED) is 0.798. The van der Waals surface area contributed by atoms with Crippen molar-refractivity contribution in [3.63, 3.8) is 0 Å². The number of hydrogen-bond acceptors (Lipinski definition) is 4. The normalized spacial score (nSPS) is 14.6. The molecule has 0 aliphatic carbocycles. The molecule has 102 valence electrons. The van der Waals surface area contributed by atoms with Gasteiger partial charge < -0.3 is 4.74 Å². The molecule has 0 aliphatic rings. The fourth-order valence-electron chi connectivity index (χ4n) is 0.560. The lowest BCUT2D eigenvalue weighted by molar-refractivity contribution is -0.306. The van der Waals surface area contributed by atoms with Crippen LogP contribution >= 0.6 is 0 Å². The van der Waals surface area contributed by atoms with Crippen LogP contribution in [0.2, 0.25) is 0 Å². The predicted molar refractivity (Wildman–Crippen MR) is 40.7 cm³/mol. The highest BCUT2D eigenvalue weighted by molar-refractivity contribution is 7.78. The van der Waals surface area contributed by atoms with E-state index in [0.717, 1.165) is 11.8 Å². The minimum atomic E-state index is -5.83. The van der Waals surface area contributed by atoms with Crippen LogP contribution in [-0.2, 0) is 20.2 Å². The maximum Gasteiger partial charge on any atom is 0.434 e. The number of hydrogen-bond donors (Lipinski definition) is 1. The Morgan fingerprint density at radius 1 is 1.18 bits per heavy atom. The third kappa shape index (κ3) is 5.72. The fraction of sp³-hybridized carbons (Fsp3) is 0.800. The molecular formula is C5H5F6NO4S. The zero-order valence-electron chi connectivity index (χ0n) is 7.89. The van der Waals surface area contributed by atoms with Crippen molar-refractivity contribution in [3.05, 3.63) is 0 Å². The first-order valence-electron chi connectivity index (χ1n) is 3.55. The van der Waals surface area contributed by atoms with Crippen molar-refractivity contribution in [3.8, 4) is 0 Å². The highest BCUT2D eigenvalue weighted by Gasteiger charge is 2.60. The average molecular weight is 289 g/mol. The molecule has 0 saturated carbocycles. The highest BCUT2D eigenvalue weighted by atomic mass is 32.2. The van der Waals surface area contributed by atoms with Gasteiger partial charge in [0, 0.05) is 0 Å². The van der Waals surface area contributed by atoms with Crippen LogP contribution in [0.25, 0.3) is 0 Å². The largest absolute Gasteiger partial charge is 0.434 e. The Balaban J connectivity index is 4.68. The van der Waals surface area contributed by atoms with Crippen molar-refractivity contribution in [2.45, 2.75) is 18.5 Å². The van der Waals surface area contributed by atoms with Crippen molar-refractivity contribution in [1.29, 1.82) is 0 Å². The molecule has 1 amide bonds. The molecule has 0 aliphatic heterocycles. The third-order valence-corrected chi connectivity index (χ3v) is 1.77. The zero-order valence-corrected chi connectivity index (χ0v) is 8.70. The van der Waals surface area contributed by atoms with Crippen LogP contribution in [0.4, 0.5) is 31.1 Å². The van der Waals surface area contributed by atoms with Crippen molar-refractivity contribution in [2.75, 3.05) is 7.11 Å². The first-order valence-corrected chi connectivity index (χ1v) is 4.63. The second-order valence-corrected chi connectivity index (χ2v) is 3.38. The van der Waals surface area contributed by atoms with Gasteiger partial charge in [-0.05, 0) is 0 Å². The van der Waals surface area contributed by atoms with Crippen molar-refractivity contribution < 1.29 is 44.3 Å². The smallest absolute Gasteiger partial charge is 0.426 e. The molecule has 1 atom stereocenters. The van der Waals surface area contributed by atoms with E-state index >= 15 is 0 Å². The first kappa shape index (κ1) is 16.0. The van der Waals surface area contributed by atoms with E-state index in [1.807, 2.05) is 0 Å². The molecular weight excluding hydrogens is 284 g/mol. The number of carbonyl (C=O) groups is 1. The fourth-order valence-corrected chi connectivity index (χ4v) is 0.828. The summed E-state index contributed by atoms with van der Waals surface area (Å²) < 4.78 is 89.6. The van der Waals surface area contributed by atoms with Gasteiger partial charge >= 0.3 is 18.4 Å². The van der Waals surface area contributed by atoms with Crippen molar-refractivity contribution in [2.24, 2.45) is 0 Å². The van der Waals surface area contributed by atoms with Crippen molar-refractivity contribution >= 4 is 17.4 Å². The van der Waals surface area contributed by atoms with Gasteiger partial charge in [-0.2, -0.15) is 26.3 Å². The number of amides is 1. The first-order chi connectivity index (χ1) is 7.48. The minimum Gasteiger partial charge on any atom is -0.426 e. The summed E-state index contributed by atoms with van der Waals surface area (Å²) in [6.07, 6.45) is -18.1. The number of nitrogens with one attached hydrogen (secondary N) is 1. The van der Waals surface area contributed by atoms with Crippen LogP contribution < -0.4 is 4.72 Å². The molecule has 0 aromatic heterocycles. The zero-order chi connectivity index (χ0) is 13.9. The molecule has 17 heavy (non-hydrogen) atoms. The number of halogens is 6. The van der Waals surface area contributed by atoms with E-state index in [4.69, 9.17) is 0 Å². The van der Waals surface area contributed by atoms with Gasteiger partial charge in [-0.3, -0.25) is 4.18 Å². The molecule has 0 rings (SSSR count). The average Bonchev–Trinajstić information content (AvgIpc) is 2.10. The summed E-state index contributed by atoms with van der Waals surface area (Å²) in [5, 5.41) is 0. The summed E-state index contributed by atoms with van der Waals surface area (Å²) in [5.41, 5.74) is 0. The van der Waals surface area contributed by atoms with Crippen LogP contribution in [0, 0.1) is 0 Å². The standard InChI is InChI=1S/C5H5F6NO4S/c1-15-17(14)12-3(13)16-2(4(6,7)8)5(9,10)11/h2H,1H3,(H,12,13). The maximum absolute atomic E-state index is 11.9. The lowest BCUT2D eigenvalue weighted by atomic mass is 10.3. The second-order valence-electron chi connectivity index (χ2n) is 2.37. The molecule has 0 spiro atoms. The topological polar surface area (TPSA) is 64.6 Å². The second kappa shape index (κ2) is 5.53. The Kier molecular flexibility index (Phi) is 5.19. The van der Waals surface area contributed by atoms with Crippen LogP contribution in [0.5, 0.6) is 0 Å². The monoisotopic (exact) mass is 289 g/mol. The summed E-state index contributed by atoms with van der Waals surface area (Å²) in [4.78, 5) is 10.5. The summed E-state index contributed by atoms with van der Waals surface area (Å²) in [5.74, 6) is 0. The Morgan fingerprint density at radius 3 is 1.88 bits per heavy atom. The van der Waals surface area contributed by atoms with E-state index in [1.165, 1.54) is 0 Å². The molecule has 0 radical (unpaired) electrons. The molecule has 12 heteroatoms. The lowest BCUT2D eigenvalue weighted by Gasteiger charge is -2.22. The van der Waals surface area contributed by atoms with Gasteiger partial charge in [-0.15, -0.1) is 0 Å². The van der Waals surface area contributed by atoms with Gasteiger partial charge in [-0.1, -0.05) is 0 Å². The van der Waals surface area contributed by atoms with E-state index in [-0.39, 0.29) is 0 Å². The van der Waals surface area contributed by atoms with E-state index in [0.29, 0.717) is 0 Å². The van der Waals surface area contributed by atoms with Crippen LogP contribution in [0.3, 0.4) is 0 Å². The third-order valence-electron chi connectivity index (χ3n) is 1.14. The van der Waals surface area contributed by atoms with Crippen LogP contribution in [0.15, 0.2) is 0 Å². The van der Waals surface area contributed by atoms with E-state index in [1.54, 1.807) is 0 Å². The summed E-state index contributed by atoms with van der Waals surface area (Å²) in [6.45, 7) is 0. The van der Waals surface area contributed by atoms with E-state index in [2.05, 4.69) is 8.92 Å². The van der Waals surface area contributed by atoms with E-state index in [9.17, 15) is 35.3 Å². The van der Waals surface area contributed by atoms with Crippen LogP contribution in [-0.4, -0.2) is 35.9 Å². The molecule has 0 aromatic rings. The Morgan fingerprint density at radius 2 is 1.59 bits per heavy atom. The molecule has 1 unspecified atom stereocenters. The van der Waals surface area contributed by atoms with Gasteiger partial charge in [0.1, 0.15) is 0 Å². The van der Waals surface area contributed by atoms with Crippen LogP contribution in [0.1, 0.15) is 0 Å². The SMILES string of the molecule is COS(=O)NC(=O)OC(C(F)(F)F)C(F)(F)F. The molecule has 0 aromatic carbocycles. The number of alkyl halides is 6.